The molecule has 0 saturated carbocycles. The van der Waals surface area contributed by atoms with E-state index in [2.05, 4.69) is 10.6 Å². The second-order valence-corrected chi connectivity index (χ2v) is 6.38. The Morgan fingerprint density at radius 3 is 2.96 bits per heavy atom. The molecule has 0 unspecified atom stereocenters. The van der Waals surface area contributed by atoms with Crippen LogP contribution in [0.1, 0.15) is 24.7 Å². The standard InChI is InChI=1S/C20H25N3O4/c1-2-26-18-8-4-3-6-15(18)14-23-10-9-21-20(25)17(23)12-19(24)22-13-16-7-5-11-27-16/h3-8,11,17H,2,9-10,12-14H2,1H3,(H,21,25)(H,22,24)/t17-/m0/s1. The molecule has 1 saturated heterocycles. The molecule has 27 heavy (non-hydrogen) atoms. The molecule has 2 aromatic rings. The van der Waals surface area contributed by atoms with Crippen molar-refractivity contribution in [2.24, 2.45) is 0 Å². The van der Waals surface area contributed by atoms with Crippen LogP contribution >= 0.6 is 0 Å². The molecule has 1 aromatic heterocycles. The van der Waals surface area contributed by atoms with Crippen molar-refractivity contribution in [3.63, 3.8) is 0 Å². The Labute approximate surface area is 158 Å². The van der Waals surface area contributed by atoms with Crippen molar-refractivity contribution in [1.29, 1.82) is 0 Å². The summed E-state index contributed by atoms with van der Waals surface area (Å²) in [5.74, 6) is 1.19. The number of amides is 2. The molecule has 144 valence electrons. The first-order valence-corrected chi connectivity index (χ1v) is 9.19. The number of nitrogens with zero attached hydrogens (tertiary/aromatic N) is 1. The van der Waals surface area contributed by atoms with Gasteiger partial charge in [-0.2, -0.15) is 0 Å². The van der Waals surface area contributed by atoms with Crippen molar-refractivity contribution >= 4 is 11.8 Å². The molecule has 3 rings (SSSR count). The predicted molar refractivity (Wildman–Crippen MR) is 100.0 cm³/mol. The third-order valence-electron chi connectivity index (χ3n) is 4.51. The van der Waals surface area contributed by atoms with E-state index in [0.717, 1.165) is 11.3 Å². The fourth-order valence-corrected chi connectivity index (χ4v) is 3.17. The van der Waals surface area contributed by atoms with E-state index in [4.69, 9.17) is 9.15 Å². The maximum atomic E-state index is 12.4. The van der Waals surface area contributed by atoms with Gasteiger partial charge in [0, 0.05) is 25.2 Å². The highest BCUT2D eigenvalue weighted by Gasteiger charge is 2.32. The fourth-order valence-electron chi connectivity index (χ4n) is 3.17. The highest BCUT2D eigenvalue weighted by molar-refractivity contribution is 5.88. The molecule has 1 aliphatic rings. The van der Waals surface area contributed by atoms with Gasteiger partial charge in [-0.25, -0.2) is 0 Å². The number of nitrogens with one attached hydrogen (secondary N) is 2. The Morgan fingerprint density at radius 1 is 1.33 bits per heavy atom. The molecule has 0 bridgehead atoms. The first kappa shape index (κ1) is 19.0. The van der Waals surface area contributed by atoms with Crippen molar-refractivity contribution < 1.29 is 18.7 Å². The van der Waals surface area contributed by atoms with Crippen molar-refractivity contribution in [2.45, 2.75) is 32.5 Å². The number of hydrogen-bond acceptors (Lipinski definition) is 5. The summed E-state index contributed by atoms with van der Waals surface area (Å²) in [5.41, 5.74) is 1.01. The maximum absolute atomic E-state index is 12.4. The second-order valence-electron chi connectivity index (χ2n) is 6.38. The monoisotopic (exact) mass is 371 g/mol. The van der Waals surface area contributed by atoms with E-state index in [1.54, 1.807) is 18.4 Å². The first-order chi connectivity index (χ1) is 13.2. The summed E-state index contributed by atoms with van der Waals surface area (Å²) in [4.78, 5) is 26.8. The lowest BCUT2D eigenvalue weighted by Crippen LogP contribution is -2.56. The lowest BCUT2D eigenvalue weighted by atomic mass is 10.1. The van der Waals surface area contributed by atoms with Crippen LogP contribution < -0.4 is 15.4 Å². The largest absolute Gasteiger partial charge is 0.494 e. The minimum Gasteiger partial charge on any atom is -0.494 e. The minimum atomic E-state index is -0.509. The number of piperazine rings is 1. The molecule has 2 amide bonds. The van der Waals surface area contributed by atoms with Gasteiger partial charge in [-0.05, 0) is 25.1 Å². The van der Waals surface area contributed by atoms with Crippen LogP contribution in [-0.4, -0.2) is 42.5 Å². The van der Waals surface area contributed by atoms with E-state index in [9.17, 15) is 9.59 Å². The molecule has 2 heterocycles. The van der Waals surface area contributed by atoms with Crippen LogP contribution in [0.25, 0.3) is 0 Å². The number of para-hydroxylation sites is 1. The van der Waals surface area contributed by atoms with Gasteiger partial charge in [0.1, 0.15) is 11.5 Å². The van der Waals surface area contributed by atoms with Crippen LogP contribution in [0.3, 0.4) is 0 Å². The summed E-state index contributed by atoms with van der Waals surface area (Å²) in [5, 5.41) is 5.66. The SMILES string of the molecule is CCOc1ccccc1CN1CCNC(=O)[C@@H]1CC(=O)NCc1ccco1. The van der Waals surface area contributed by atoms with Crippen molar-refractivity contribution in [2.75, 3.05) is 19.7 Å². The number of carbonyl (C=O) groups is 2. The summed E-state index contributed by atoms with van der Waals surface area (Å²) in [7, 11) is 0. The van der Waals surface area contributed by atoms with E-state index in [0.29, 0.717) is 38.5 Å². The van der Waals surface area contributed by atoms with Crippen LogP contribution in [-0.2, 0) is 22.7 Å². The van der Waals surface area contributed by atoms with E-state index in [1.807, 2.05) is 36.1 Å². The van der Waals surface area contributed by atoms with Crippen molar-refractivity contribution in [1.82, 2.24) is 15.5 Å². The molecule has 7 heteroatoms. The Kier molecular flexibility index (Phi) is 6.49. The van der Waals surface area contributed by atoms with Gasteiger partial charge < -0.3 is 19.8 Å². The van der Waals surface area contributed by atoms with Gasteiger partial charge in [0.25, 0.3) is 0 Å². The van der Waals surface area contributed by atoms with Gasteiger partial charge in [0.2, 0.25) is 11.8 Å². The zero-order valence-corrected chi connectivity index (χ0v) is 15.4. The summed E-state index contributed by atoms with van der Waals surface area (Å²) in [6.07, 6.45) is 1.66. The minimum absolute atomic E-state index is 0.101. The molecule has 1 aliphatic heterocycles. The summed E-state index contributed by atoms with van der Waals surface area (Å²) in [6, 6.07) is 10.9. The molecular formula is C20H25N3O4. The highest BCUT2D eigenvalue weighted by Crippen LogP contribution is 2.22. The molecule has 7 nitrogen and oxygen atoms in total. The highest BCUT2D eigenvalue weighted by atomic mass is 16.5. The van der Waals surface area contributed by atoms with Crippen LogP contribution in [0.4, 0.5) is 0 Å². The van der Waals surface area contributed by atoms with E-state index >= 15 is 0 Å². The van der Waals surface area contributed by atoms with Crippen LogP contribution in [0, 0.1) is 0 Å². The Bertz CT molecular complexity index is 760. The van der Waals surface area contributed by atoms with Gasteiger partial charge in [0.05, 0.1) is 31.9 Å². The average Bonchev–Trinajstić information content (AvgIpc) is 3.18. The molecule has 1 fully saturated rings. The van der Waals surface area contributed by atoms with Crippen LogP contribution in [0.5, 0.6) is 5.75 Å². The van der Waals surface area contributed by atoms with Gasteiger partial charge in [0.15, 0.2) is 0 Å². The van der Waals surface area contributed by atoms with E-state index < -0.39 is 6.04 Å². The predicted octanol–water partition coefficient (Wildman–Crippen LogP) is 1.69. The Balaban J connectivity index is 1.64. The number of furan rings is 1. The summed E-state index contributed by atoms with van der Waals surface area (Å²) >= 11 is 0. The third-order valence-corrected chi connectivity index (χ3v) is 4.51. The summed E-state index contributed by atoms with van der Waals surface area (Å²) < 4.78 is 10.9. The maximum Gasteiger partial charge on any atom is 0.237 e. The number of carbonyl (C=O) groups excluding carboxylic acids is 2. The number of ether oxygens (including phenoxy) is 1. The van der Waals surface area contributed by atoms with E-state index in [1.165, 1.54) is 0 Å². The average molecular weight is 371 g/mol. The quantitative estimate of drug-likeness (QED) is 0.738. The number of benzene rings is 1. The number of rotatable bonds is 8. The second kappa shape index (κ2) is 9.23. The topological polar surface area (TPSA) is 83.8 Å². The lowest BCUT2D eigenvalue weighted by molar-refractivity contribution is -0.134. The van der Waals surface area contributed by atoms with Crippen LogP contribution in [0.2, 0.25) is 0 Å². The van der Waals surface area contributed by atoms with Gasteiger partial charge in [-0.3, -0.25) is 14.5 Å². The Hall–Kier alpha value is -2.80. The number of hydrogen-bond donors (Lipinski definition) is 2. The van der Waals surface area contributed by atoms with Gasteiger partial charge in [-0.1, -0.05) is 18.2 Å². The molecule has 1 aromatic carbocycles. The molecule has 1 atom stereocenters. The van der Waals surface area contributed by atoms with Crippen molar-refractivity contribution in [3.8, 4) is 5.75 Å². The van der Waals surface area contributed by atoms with Gasteiger partial charge in [-0.15, -0.1) is 0 Å². The molecule has 2 N–H and O–H groups in total. The normalized spacial score (nSPS) is 17.4. The zero-order chi connectivity index (χ0) is 19.1. The molecule has 0 radical (unpaired) electrons. The first-order valence-electron chi connectivity index (χ1n) is 9.19. The Morgan fingerprint density at radius 2 is 2.19 bits per heavy atom. The smallest absolute Gasteiger partial charge is 0.237 e. The molecule has 0 spiro atoms. The lowest BCUT2D eigenvalue weighted by Gasteiger charge is -2.35. The summed E-state index contributed by atoms with van der Waals surface area (Å²) in [6.45, 7) is 4.64. The van der Waals surface area contributed by atoms with Crippen LogP contribution in [0.15, 0.2) is 47.1 Å². The fraction of sp³-hybridized carbons (Fsp3) is 0.400. The molecular weight excluding hydrogens is 346 g/mol. The zero-order valence-electron chi connectivity index (χ0n) is 15.4. The van der Waals surface area contributed by atoms with Gasteiger partial charge >= 0.3 is 0 Å². The third kappa shape index (κ3) is 5.10. The van der Waals surface area contributed by atoms with Crippen molar-refractivity contribution in [3.05, 3.63) is 54.0 Å². The molecule has 0 aliphatic carbocycles. The van der Waals surface area contributed by atoms with E-state index in [-0.39, 0.29) is 18.2 Å².